The Hall–Kier alpha value is -3.40. The maximum Gasteiger partial charge on any atom is 0.243 e. The fraction of sp³-hybridized carbons (Fsp3) is 0.286. The Bertz CT molecular complexity index is 1110. The molecular formula is C21H22N4O5S. The van der Waals surface area contributed by atoms with Gasteiger partial charge in [-0.2, -0.15) is 5.01 Å². The summed E-state index contributed by atoms with van der Waals surface area (Å²) in [6.45, 7) is 1.43. The molecule has 0 saturated carbocycles. The lowest BCUT2D eigenvalue weighted by atomic mass is 10.1. The molecule has 31 heavy (non-hydrogen) atoms. The SMILES string of the molecule is COc1ccc([C@H]2OC(CSc3nc4ccccc4[nH]3)=NN2C(C)=O)c(OC)c1OC. The lowest BCUT2D eigenvalue weighted by molar-refractivity contribution is -0.135. The van der Waals surface area contributed by atoms with Crippen molar-refractivity contribution in [3.63, 3.8) is 0 Å². The molecule has 10 heteroatoms. The van der Waals surface area contributed by atoms with Crippen molar-refractivity contribution in [1.29, 1.82) is 0 Å². The number of nitrogens with one attached hydrogen (secondary N) is 1. The molecule has 1 aromatic heterocycles. The number of para-hydroxylation sites is 2. The van der Waals surface area contributed by atoms with Crippen molar-refractivity contribution in [2.75, 3.05) is 27.1 Å². The number of carbonyl (C=O) groups is 1. The number of hydrazone groups is 1. The molecule has 1 N–H and O–H groups in total. The minimum absolute atomic E-state index is 0.259. The molecule has 2 heterocycles. The van der Waals surface area contributed by atoms with E-state index in [2.05, 4.69) is 15.1 Å². The Morgan fingerprint density at radius 1 is 1.13 bits per heavy atom. The van der Waals surface area contributed by atoms with Crippen molar-refractivity contribution in [2.24, 2.45) is 5.10 Å². The number of hydrogen-bond acceptors (Lipinski definition) is 8. The number of methoxy groups -OCH3 is 3. The fourth-order valence-electron chi connectivity index (χ4n) is 3.32. The van der Waals surface area contributed by atoms with Gasteiger partial charge in [-0.3, -0.25) is 4.79 Å². The minimum Gasteiger partial charge on any atom is -0.493 e. The zero-order valence-corrected chi connectivity index (χ0v) is 18.4. The fourth-order valence-corrected chi connectivity index (χ4v) is 4.05. The first-order valence-corrected chi connectivity index (χ1v) is 10.4. The van der Waals surface area contributed by atoms with E-state index in [4.69, 9.17) is 18.9 Å². The Morgan fingerprint density at radius 3 is 2.58 bits per heavy atom. The van der Waals surface area contributed by atoms with Crippen LogP contribution in [0, 0.1) is 0 Å². The number of amides is 1. The third kappa shape index (κ3) is 3.98. The third-order valence-electron chi connectivity index (χ3n) is 4.71. The van der Waals surface area contributed by atoms with Crippen LogP contribution in [0.4, 0.5) is 0 Å². The summed E-state index contributed by atoms with van der Waals surface area (Å²) in [6, 6.07) is 11.3. The summed E-state index contributed by atoms with van der Waals surface area (Å²) in [7, 11) is 4.59. The van der Waals surface area contributed by atoms with Gasteiger partial charge in [-0.05, 0) is 24.3 Å². The Balaban J connectivity index is 1.57. The highest BCUT2D eigenvalue weighted by Gasteiger charge is 2.36. The van der Waals surface area contributed by atoms with Crippen molar-refractivity contribution in [3.8, 4) is 17.2 Å². The molecule has 3 aromatic rings. The lowest BCUT2D eigenvalue weighted by Crippen LogP contribution is -2.25. The average molecular weight is 442 g/mol. The Labute approximate surface area is 183 Å². The predicted molar refractivity (Wildman–Crippen MR) is 117 cm³/mol. The number of aromatic amines is 1. The standard InChI is InChI=1S/C21H22N4O5S/c1-12(26)25-20(13-9-10-16(27-2)19(29-4)18(13)28-3)30-17(24-25)11-31-21-22-14-7-5-6-8-15(14)23-21/h5-10,20H,11H2,1-4H3,(H,22,23)/t20-/m1/s1. The van der Waals surface area contributed by atoms with E-state index in [1.807, 2.05) is 24.3 Å². The van der Waals surface area contributed by atoms with Crippen LogP contribution in [-0.2, 0) is 9.53 Å². The molecular weight excluding hydrogens is 420 g/mol. The van der Waals surface area contributed by atoms with Gasteiger partial charge in [0.05, 0.1) is 43.7 Å². The second-order valence-corrected chi connectivity index (χ2v) is 7.56. The molecule has 0 aliphatic carbocycles. The van der Waals surface area contributed by atoms with Gasteiger partial charge >= 0.3 is 0 Å². The van der Waals surface area contributed by atoms with E-state index < -0.39 is 6.23 Å². The molecule has 0 radical (unpaired) electrons. The van der Waals surface area contributed by atoms with Gasteiger partial charge in [-0.15, -0.1) is 5.10 Å². The zero-order chi connectivity index (χ0) is 22.0. The van der Waals surface area contributed by atoms with Gasteiger partial charge in [0.2, 0.25) is 23.8 Å². The smallest absolute Gasteiger partial charge is 0.243 e. The van der Waals surface area contributed by atoms with Gasteiger partial charge in [-0.25, -0.2) is 4.98 Å². The highest BCUT2D eigenvalue weighted by Crippen LogP contribution is 2.45. The number of fused-ring (bicyclic) bond motifs is 1. The van der Waals surface area contributed by atoms with E-state index in [0.29, 0.717) is 34.5 Å². The molecule has 1 aliphatic heterocycles. The number of aromatic nitrogens is 2. The van der Waals surface area contributed by atoms with E-state index in [0.717, 1.165) is 16.2 Å². The number of H-pyrrole nitrogens is 1. The molecule has 1 atom stereocenters. The first kappa shape index (κ1) is 20.9. The number of hydrogen-bond donors (Lipinski definition) is 1. The summed E-state index contributed by atoms with van der Waals surface area (Å²) < 4.78 is 22.4. The summed E-state index contributed by atoms with van der Waals surface area (Å²) in [5.74, 6) is 1.89. The molecule has 9 nitrogen and oxygen atoms in total. The molecule has 0 spiro atoms. The van der Waals surface area contributed by atoms with Crippen LogP contribution in [-0.4, -0.2) is 53.9 Å². The minimum atomic E-state index is -0.779. The van der Waals surface area contributed by atoms with Crippen LogP contribution in [0.5, 0.6) is 17.2 Å². The maximum absolute atomic E-state index is 12.3. The lowest BCUT2D eigenvalue weighted by Gasteiger charge is -2.23. The van der Waals surface area contributed by atoms with E-state index in [9.17, 15) is 4.79 Å². The largest absolute Gasteiger partial charge is 0.493 e. The molecule has 1 amide bonds. The Morgan fingerprint density at radius 2 is 1.90 bits per heavy atom. The van der Waals surface area contributed by atoms with Crippen molar-refractivity contribution >= 4 is 34.6 Å². The van der Waals surface area contributed by atoms with Crippen LogP contribution in [0.25, 0.3) is 11.0 Å². The number of rotatable bonds is 7. The number of ether oxygens (including phenoxy) is 4. The summed E-state index contributed by atoms with van der Waals surface area (Å²) in [5.41, 5.74) is 2.44. The average Bonchev–Trinajstić information content (AvgIpc) is 3.40. The third-order valence-corrected chi connectivity index (χ3v) is 5.57. The van der Waals surface area contributed by atoms with Crippen LogP contribution in [0.2, 0.25) is 0 Å². The van der Waals surface area contributed by atoms with Crippen LogP contribution < -0.4 is 14.2 Å². The highest BCUT2D eigenvalue weighted by molar-refractivity contribution is 7.99. The van der Waals surface area contributed by atoms with Crippen molar-refractivity contribution in [2.45, 2.75) is 18.3 Å². The number of nitrogens with zero attached hydrogens (tertiary/aromatic N) is 3. The second kappa shape index (κ2) is 8.76. The first-order chi connectivity index (χ1) is 15.0. The van der Waals surface area contributed by atoms with Gasteiger partial charge in [-0.1, -0.05) is 23.9 Å². The van der Waals surface area contributed by atoms with Gasteiger partial charge < -0.3 is 23.9 Å². The molecule has 0 bridgehead atoms. The van der Waals surface area contributed by atoms with Crippen molar-refractivity contribution in [1.82, 2.24) is 15.0 Å². The molecule has 162 valence electrons. The van der Waals surface area contributed by atoms with Crippen molar-refractivity contribution < 1.29 is 23.7 Å². The maximum atomic E-state index is 12.3. The first-order valence-electron chi connectivity index (χ1n) is 9.46. The second-order valence-electron chi connectivity index (χ2n) is 6.60. The molecule has 4 rings (SSSR count). The van der Waals surface area contributed by atoms with Crippen LogP contribution >= 0.6 is 11.8 Å². The van der Waals surface area contributed by atoms with Crippen LogP contribution in [0.1, 0.15) is 18.7 Å². The van der Waals surface area contributed by atoms with E-state index >= 15 is 0 Å². The molecule has 0 saturated heterocycles. The monoisotopic (exact) mass is 442 g/mol. The Kier molecular flexibility index (Phi) is 5.90. The molecule has 2 aromatic carbocycles. The van der Waals surface area contributed by atoms with Gasteiger partial charge in [0.25, 0.3) is 0 Å². The number of carbonyl (C=O) groups excluding carboxylic acids is 1. The number of thioether (sulfide) groups is 1. The van der Waals surface area contributed by atoms with Gasteiger partial charge in [0.15, 0.2) is 16.7 Å². The van der Waals surface area contributed by atoms with E-state index in [1.165, 1.54) is 37.9 Å². The number of benzene rings is 2. The summed E-state index contributed by atoms with van der Waals surface area (Å²) in [4.78, 5) is 20.1. The molecule has 0 fully saturated rings. The van der Waals surface area contributed by atoms with Gasteiger partial charge in [0.1, 0.15) is 0 Å². The van der Waals surface area contributed by atoms with E-state index in [-0.39, 0.29) is 5.91 Å². The molecule has 1 aliphatic rings. The number of imidazole rings is 1. The summed E-state index contributed by atoms with van der Waals surface area (Å²) in [5, 5.41) is 6.41. The predicted octanol–water partition coefficient (Wildman–Crippen LogP) is 3.57. The van der Waals surface area contributed by atoms with Gasteiger partial charge in [0, 0.05) is 6.92 Å². The van der Waals surface area contributed by atoms with Crippen molar-refractivity contribution in [3.05, 3.63) is 42.0 Å². The normalized spacial score (nSPS) is 15.5. The van der Waals surface area contributed by atoms with E-state index in [1.54, 1.807) is 19.2 Å². The van der Waals surface area contributed by atoms with Crippen LogP contribution in [0.3, 0.4) is 0 Å². The molecule has 0 unspecified atom stereocenters. The highest BCUT2D eigenvalue weighted by atomic mass is 32.2. The topological polar surface area (TPSA) is 98.3 Å². The van der Waals surface area contributed by atoms with Crippen LogP contribution in [0.15, 0.2) is 46.7 Å². The quantitative estimate of drug-likeness (QED) is 0.559. The zero-order valence-electron chi connectivity index (χ0n) is 17.5. The summed E-state index contributed by atoms with van der Waals surface area (Å²) >= 11 is 1.44. The summed E-state index contributed by atoms with van der Waals surface area (Å²) in [6.07, 6.45) is -0.779.